The molecule has 1 saturated heterocycles. The van der Waals surface area contributed by atoms with Gasteiger partial charge in [-0.05, 0) is 48.9 Å². The maximum atomic E-state index is 13.2. The molecular formula is C21H21N3O3S. The van der Waals surface area contributed by atoms with Crippen LogP contribution in [0.15, 0.2) is 52.0 Å². The van der Waals surface area contributed by atoms with Crippen LogP contribution in [0.4, 0.5) is 0 Å². The number of carbonyl (C=O) groups excluding carboxylic acids is 1. The van der Waals surface area contributed by atoms with Crippen LogP contribution in [0.2, 0.25) is 0 Å². The van der Waals surface area contributed by atoms with Gasteiger partial charge < -0.3 is 14.6 Å². The number of methoxy groups -OCH3 is 1. The number of nitrogens with zero attached hydrogens (tertiary/aromatic N) is 2. The molecule has 3 aromatic rings. The van der Waals surface area contributed by atoms with Gasteiger partial charge in [-0.1, -0.05) is 6.07 Å². The highest BCUT2D eigenvalue weighted by Gasteiger charge is 2.31. The minimum Gasteiger partial charge on any atom is -0.497 e. The highest BCUT2D eigenvalue weighted by molar-refractivity contribution is 7.08. The highest BCUT2D eigenvalue weighted by atomic mass is 32.1. The predicted octanol–water partition coefficient (Wildman–Crippen LogP) is 3.87. The molecule has 1 atom stereocenters. The zero-order chi connectivity index (χ0) is 19.5. The number of piperidine rings is 1. The van der Waals surface area contributed by atoms with Gasteiger partial charge in [0.25, 0.3) is 11.5 Å². The number of H-pyrrole nitrogens is 1. The number of hydrogen-bond donors (Lipinski definition) is 1. The average molecular weight is 395 g/mol. The van der Waals surface area contributed by atoms with Gasteiger partial charge in [-0.3, -0.25) is 9.59 Å². The molecule has 4 rings (SSSR count). The van der Waals surface area contributed by atoms with E-state index in [1.165, 1.54) is 6.07 Å². The van der Waals surface area contributed by atoms with Gasteiger partial charge in [0, 0.05) is 29.1 Å². The molecule has 1 N–H and O–H groups in total. The summed E-state index contributed by atoms with van der Waals surface area (Å²) in [5, 5.41) is 3.92. The van der Waals surface area contributed by atoms with Gasteiger partial charge in [0.2, 0.25) is 0 Å². The molecule has 1 aliphatic rings. The fraction of sp³-hybridized carbons (Fsp3) is 0.286. The van der Waals surface area contributed by atoms with E-state index >= 15 is 0 Å². The van der Waals surface area contributed by atoms with Crippen LogP contribution in [-0.2, 0) is 0 Å². The Morgan fingerprint density at radius 1 is 1.29 bits per heavy atom. The number of nitrogens with one attached hydrogen (secondary N) is 1. The molecule has 6 nitrogen and oxygen atoms in total. The number of ether oxygens (including phenoxy) is 1. The third-order valence-electron chi connectivity index (χ3n) is 4.97. The largest absolute Gasteiger partial charge is 0.497 e. The Labute approximate surface area is 166 Å². The summed E-state index contributed by atoms with van der Waals surface area (Å²) in [6, 6.07) is 10.3. The van der Waals surface area contributed by atoms with Gasteiger partial charge in [-0.25, -0.2) is 4.98 Å². The first-order valence-corrected chi connectivity index (χ1v) is 10.2. The minimum atomic E-state index is -0.251. The van der Waals surface area contributed by atoms with Crippen molar-refractivity contribution in [3.63, 3.8) is 0 Å². The molecule has 0 unspecified atom stereocenters. The Kier molecular flexibility index (Phi) is 5.25. The highest BCUT2D eigenvalue weighted by Crippen LogP contribution is 2.31. The van der Waals surface area contributed by atoms with E-state index in [1.54, 1.807) is 30.6 Å². The average Bonchev–Trinajstić information content (AvgIpc) is 3.28. The van der Waals surface area contributed by atoms with E-state index in [0.717, 1.165) is 24.8 Å². The Morgan fingerprint density at radius 3 is 2.96 bits per heavy atom. The van der Waals surface area contributed by atoms with Crippen molar-refractivity contribution >= 4 is 17.2 Å². The quantitative estimate of drug-likeness (QED) is 0.728. The van der Waals surface area contributed by atoms with Crippen LogP contribution in [0.3, 0.4) is 0 Å². The van der Waals surface area contributed by atoms with E-state index in [0.29, 0.717) is 29.4 Å². The smallest absolute Gasteiger partial charge is 0.254 e. The van der Waals surface area contributed by atoms with E-state index in [-0.39, 0.29) is 17.5 Å². The molecule has 3 heterocycles. The molecule has 0 radical (unpaired) electrons. The number of aromatic nitrogens is 2. The molecular weight excluding hydrogens is 374 g/mol. The van der Waals surface area contributed by atoms with Gasteiger partial charge in [0.15, 0.2) is 0 Å². The molecule has 0 aliphatic carbocycles. The molecule has 7 heteroatoms. The molecule has 28 heavy (non-hydrogen) atoms. The fourth-order valence-corrected chi connectivity index (χ4v) is 4.22. The van der Waals surface area contributed by atoms with Crippen molar-refractivity contribution in [2.45, 2.75) is 25.3 Å². The van der Waals surface area contributed by atoms with Crippen LogP contribution in [0.25, 0.3) is 11.3 Å². The van der Waals surface area contributed by atoms with Crippen LogP contribution in [0.1, 0.15) is 41.5 Å². The lowest BCUT2D eigenvalue weighted by molar-refractivity contribution is 0.0599. The molecule has 1 fully saturated rings. The standard InChI is InChI=1S/C21H21N3O3S/c1-27-16-6-4-5-14(11-16)21(26)24-9-3-2-7-18(24)20-22-17(12-19(25)23-20)15-8-10-28-13-15/h4-6,8,10-13,18H,2-3,7,9H2,1H3,(H,22,23,25)/t18-/m0/s1. The molecule has 144 valence electrons. The summed E-state index contributed by atoms with van der Waals surface area (Å²) in [4.78, 5) is 34.8. The van der Waals surface area contributed by atoms with Gasteiger partial charge in [0.1, 0.15) is 11.6 Å². The van der Waals surface area contributed by atoms with Crippen molar-refractivity contribution in [2.75, 3.05) is 13.7 Å². The number of hydrogen-bond acceptors (Lipinski definition) is 5. The second-order valence-electron chi connectivity index (χ2n) is 6.77. The first-order valence-electron chi connectivity index (χ1n) is 9.24. The number of likely N-dealkylation sites (tertiary alicyclic amines) is 1. The van der Waals surface area contributed by atoms with E-state index in [2.05, 4.69) is 4.98 Å². The van der Waals surface area contributed by atoms with Crippen molar-refractivity contribution in [1.29, 1.82) is 0 Å². The summed E-state index contributed by atoms with van der Waals surface area (Å²) in [5.41, 5.74) is 1.92. The maximum Gasteiger partial charge on any atom is 0.254 e. The van der Waals surface area contributed by atoms with Gasteiger partial charge in [0.05, 0.1) is 18.8 Å². The fourth-order valence-electron chi connectivity index (χ4n) is 3.57. The van der Waals surface area contributed by atoms with E-state index in [9.17, 15) is 9.59 Å². The number of benzene rings is 1. The lowest BCUT2D eigenvalue weighted by Gasteiger charge is -2.35. The third-order valence-corrected chi connectivity index (χ3v) is 5.66. The summed E-state index contributed by atoms with van der Waals surface area (Å²) in [5.74, 6) is 1.11. The van der Waals surface area contributed by atoms with Gasteiger partial charge >= 0.3 is 0 Å². The van der Waals surface area contributed by atoms with Crippen LogP contribution < -0.4 is 10.3 Å². The zero-order valence-corrected chi connectivity index (χ0v) is 16.4. The number of amides is 1. The minimum absolute atomic E-state index is 0.0767. The Morgan fingerprint density at radius 2 is 2.18 bits per heavy atom. The van der Waals surface area contributed by atoms with Crippen LogP contribution >= 0.6 is 11.3 Å². The Hall–Kier alpha value is -2.93. The summed E-state index contributed by atoms with van der Waals surface area (Å²) in [6.45, 7) is 0.632. The Balaban J connectivity index is 1.69. The lowest BCUT2D eigenvalue weighted by atomic mass is 9.99. The predicted molar refractivity (Wildman–Crippen MR) is 109 cm³/mol. The van der Waals surface area contributed by atoms with Crippen molar-refractivity contribution < 1.29 is 9.53 Å². The third kappa shape index (κ3) is 3.71. The second kappa shape index (κ2) is 7.98. The van der Waals surface area contributed by atoms with Crippen LogP contribution in [0, 0.1) is 0 Å². The Bertz CT molecular complexity index is 1030. The number of thiophene rings is 1. The van der Waals surface area contributed by atoms with E-state index in [1.807, 2.05) is 33.9 Å². The molecule has 1 aliphatic heterocycles. The second-order valence-corrected chi connectivity index (χ2v) is 7.55. The van der Waals surface area contributed by atoms with Crippen molar-refractivity contribution in [1.82, 2.24) is 14.9 Å². The summed E-state index contributed by atoms with van der Waals surface area (Å²) in [7, 11) is 1.58. The molecule has 0 saturated carbocycles. The molecule has 0 spiro atoms. The number of rotatable bonds is 4. The molecule has 1 amide bonds. The molecule has 2 aromatic heterocycles. The molecule has 0 bridgehead atoms. The zero-order valence-electron chi connectivity index (χ0n) is 15.6. The van der Waals surface area contributed by atoms with E-state index < -0.39 is 0 Å². The van der Waals surface area contributed by atoms with E-state index in [4.69, 9.17) is 9.72 Å². The first kappa shape index (κ1) is 18.4. The maximum absolute atomic E-state index is 13.2. The monoisotopic (exact) mass is 395 g/mol. The summed E-state index contributed by atoms with van der Waals surface area (Å²) < 4.78 is 5.25. The SMILES string of the molecule is COc1cccc(C(=O)N2CCCC[C@H]2c2nc(-c3ccsc3)cc(=O)[nH]2)c1. The van der Waals surface area contributed by atoms with Gasteiger partial charge in [-0.15, -0.1) is 0 Å². The van der Waals surface area contributed by atoms with Crippen LogP contribution in [0.5, 0.6) is 5.75 Å². The number of aromatic amines is 1. The van der Waals surface area contributed by atoms with Crippen molar-refractivity contribution in [3.8, 4) is 17.0 Å². The topological polar surface area (TPSA) is 75.3 Å². The van der Waals surface area contributed by atoms with Crippen molar-refractivity contribution in [3.05, 3.63) is 68.9 Å². The summed E-state index contributed by atoms with van der Waals surface area (Å²) >= 11 is 1.56. The van der Waals surface area contributed by atoms with Crippen LogP contribution in [-0.4, -0.2) is 34.4 Å². The molecule has 1 aromatic carbocycles. The summed E-state index contributed by atoms with van der Waals surface area (Å²) in [6.07, 6.45) is 2.69. The number of carbonyl (C=O) groups is 1. The van der Waals surface area contributed by atoms with Gasteiger partial charge in [-0.2, -0.15) is 11.3 Å². The normalized spacial score (nSPS) is 16.8. The first-order chi connectivity index (χ1) is 13.7. The lowest BCUT2D eigenvalue weighted by Crippen LogP contribution is -2.40. The van der Waals surface area contributed by atoms with Crippen molar-refractivity contribution in [2.24, 2.45) is 0 Å².